The fourth-order valence-electron chi connectivity index (χ4n) is 1.61. The van der Waals surface area contributed by atoms with E-state index in [0.29, 0.717) is 19.0 Å². The number of methoxy groups -OCH3 is 2. The number of ether oxygens (including phenoxy) is 2. The van der Waals surface area contributed by atoms with E-state index in [9.17, 15) is 9.59 Å². The number of nitrogens with zero attached hydrogens (tertiary/aromatic N) is 1. The maximum atomic E-state index is 12.2. The molecule has 0 saturated carbocycles. The average molecular weight is 530 g/mol. The van der Waals surface area contributed by atoms with Gasteiger partial charge < -0.3 is 24.5 Å². The summed E-state index contributed by atoms with van der Waals surface area (Å²) in [5.41, 5.74) is 0. The van der Waals surface area contributed by atoms with E-state index >= 15 is 0 Å². The van der Waals surface area contributed by atoms with Crippen LogP contribution in [0.1, 0.15) is 27.2 Å². The van der Waals surface area contributed by atoms with Crippen molar-refractivity contribution in [2.45, 2.75) is 39.5 Å². The van der Waals surface area contributed by atoms with E-state index in [4.69, 9.17) is 9.47 Å². The first-order valence-corrected chi connectivity index (χ1v) is 6.47. The molecule has 0 saturated heterocycles. The molecule has 0 radical (unpaired) electrons. The van der Waals surface area contributed by atoms with E-state index in [2.05, 4.69) is 19.2 Å². The van der Waals surface area contributed by atoms with E-state index in [-0.39, 0.29) is 5.91 Å². The Bertz CT molecular complexity index is 275. The Morgan fingerprint density at radius 2 is 1.80 bits per heavy atom. The molecule has 0 bridgehead atoms. The van der Waals surface area contributed by atoms with Crippen molar-refractivity contribution in [3.05, 3.63) is 0 Å². The summed E-state index contributed by atoms with van der Waals surface area (Å²) in [5.74, 6) is 0.202. The third kappa shape index (κ3) is 6.70. The van der Waals surface area contributed by atoms with E-state index in [1.54, 1.807) is 18.2 Å². The normalized spacial score (nSPS) is 13.3. The number of hydrogen-bond acceptors (Lipinski definition) is 4. The van der Waals surface area contributed by atoms with Gasteiger partial charge in [-0.05, 0) is 12.8 Å². The predicted molar refractivity (Wildman–Crippen MR) is 72.1 cm³/mol. The van der Waals surface area contributed by atoms with Crippen LogP contribution in [0.15, 0.2) is 0 Å². The molecule has 0 heterocycles. The van der Waals surface area contributed by atoms with Crippen molar-refractivity contribution in [1.82, 2.24) is 10.2 Å². The van der Waals surface area contributed by atoms with Gasteiger partial charge in [0.15, 0.2) is 6.29 Å². The third-order valence-corrected chi connectivity index (χ3v) is 3.08. The molecule has 0 aromatic rings. The molecule has 0 aliphatic carbocycles. The van der Waals surface area contributed by atoms with Crippen LogP contribution in [-0.4, -0.2) is 56.9 Å². The van der Waals surface area contributed by atoms with Crippen LogP contribution >= 0.6 is 0 Å². The molecular formula is C13H25FmN2O4-. The van der Waals surface area contributed by atoms with Crippen LogP contribution in [0.2, 0.25) is 0 Å². The van der Waals surface area contributed by atoms with Crippen LogP contribution in [0.4, 0.5) is 0 Å². The summed E-state index contributed by atoms with van der Waals surface area (Å²) in [5, 5.41) is 2.35. The van der Waals surface area contributed by atoms with Gasteiger partial charge in [0.1, 0.15) is 0 Å². The second-order valence-corrected chi connectivity index (χ2v) is 4.63. The van der Waals surface area contributed by atoms with Crippen LogP contribution in [0.3, 0.4) is 0 Å². The zero-order valence-electron chi connectivity index (χ0n) is 12.7. The van der Waals surface area contributed by atoms with Crippen molar-refractivity contribution in [1.29, 1.82) is 0 Å². The number of hydrogen-bond donors (Lipinski definition) is 1. The smallest absolute Gasteiger partial charge is 0.242 e. The van der Waals surface area contributed by atoms with E-state index in [0.717, 1.165) is 6.42 Å². The molecule has 6 nitrogen and oxygen atoms in total. The molecule has 0 aliphatic heterocycles. The minimum atomic E-state index is -0.601. The van der Waals surface area contributed by atoms with E-state index in [1.807, 2.05) is 0 Å². The molecule has 1 unspecified atom stereocenters. The number of amides is 2. The Labute approximate surface area is 115 Å². The van der Waals surface area contributed by atoms with Crippen molar-refractivity contribution in [3.8, 4) is 0 Å². The Kier molecular flexibility index (Phi) is 10.9. The van der Waals surface area contributed by atoms with Gasteiger partial charge in [0.2, 0.25) is 5.91 Å². The van der Waals surface area contributed by atoms with Crippen molar-refractivity contribution >= 4 is 12.3 Å². The Balaban J connectivity index is 0. The predicted octanol–water partition coefficient (Wildman–Crippen LogP) is 0.525. The van der Waals surface area contributed by atoms with Crippen LogP contribution in [0.25, 0.3) is 0 Å². The van der Waals surface area contributed by atoms with Gasteiger partial charge in [0, 0.05) is 20.8 Å². The average Bonchev–Trinajstić information content (AvgIpc) is 2.42. The van der Waals surface area contributed by atoms with Gasteiger partial charge in [-0.15, -0.1) is 0 Å². The number of rotatable bonds is 10. The topological polar surface area (TPSA) is 67.9 Å². The fourth-order valence-corrected chi connectivity index (χ4v) is 1.61. The van der Waals surface area contributed by atoms with Gasteiger partial charge >= 0.3 is 0 Å². The Morgan fingerprint density at radius 1 is 1.25 bits per heavy atom. The second kappa shape index (κ2) is 10.8. The number of carbonyl (C=O) groups excluding carboxylic acids is 2. The van der Waals surface area contributed by atoms with Crippen molar-refractivity contribution in [2.75, 3.05) is 27.3 Å². The first kappa shape index (κ1) is 20.2. The van der Waals surface area contributed by atoms with Gasteiger partial charge in [-0.3, -0.25) is 4.79 Å². The van der Waals surface area contributed by atoms with Gasteiger partial charge in [-0.2, -0.15) is 6.41 Å². The minimum Gasteiger partial charge on any atom is -0.520 e. The quantitative estimate of drug-likeness (QED) is 0.254. The molecule has 0 rings (SSSR count). The summed E-state index contributed by atoms with van der Waals surface area (Å²) >= 11 is 0. The van der Waals surface area contributed by atoms with Crippen LogP contribution in [-0.2, 0) is 19.1 Å². The molecule has 7 heteroatoms. The molecule has 0 aromatic carbocycles. The zero-order chi connectivity index (χ0) is 14.8. The molecule has 0 spiro atoms. The van der Waals surface area contributed by atoms with Gasteiger partial charge in [-0.1, -0.05) is 20.3 Å². The summed E-state index contributed by atoms with van der Waals surface area (Å²) in [6.07, 6.45) is 2.04. The first-order chi connectivity index (χ1) is 8.99. The molecule has 0 aliphatic rings. The van der Waals surface area contributed by atoms with E-state index < -0.39 is 12.3 Å². The van der Waals surface area contributed by atoms with Gasteiger partial charge in [-0.25, -0.2) is 0 Å². The molecule has 20 heavy (non-hydrogen) atoms. The standard InChI is InChI=1S/C13H25N2O4.Fm/c1-6-10(2)7-15(8-12(18-4)19-5)13(17)11(3)14-9-16;/h10-12H,6-8H2,1-5H3,(H,14,16);/q-1;/t10?,11-;/m0./s1. The summed E-state index contributed by atoms with van der Waals surface area (Å²) < 4.78 is 10.2. The van der Waals surface area contributed by atoms with Gasteiger partial charge in [0.25, 0.3) is 0 Å². The maximum Gasteiger partial charge on any atom is 0.242 e. The van der Waals surface area contributed by atoms with Crippen LogP contribution in [0, 0.1) is 5.92 Å². The second-order valence-electron chi connectivity index (χ2n) is 4.63. The van der Waals surface area contributed by atoms with Crippen molar-refractivity contribution in [3.63, 3.8) is 0 Å². The molecular weight excluding hydrogens is 505 g/mol. The molecule has 0 aromatic heterocycles. The van der Waals surface area contributed by atoms with Crippen molar-refractivity contribution < 1.29 is 19.1 Å². The van der Waals surface area contributed by atoms with Crippen LogP contribution in [0.5, 0.6) is 0 Å². The zero-order valence-corrected chi connectivity index (χ0v) is 15.1. The monoisotopic (exact) mass is 530 g/mol. The number of carbonyl (C=O) groups is 1. The number of nitrogens with one attached hydrogen (secondary N) is 1. The molecule has 0 fully saturated rings. The van der Waals surface area contributed by atoms with Gasteiger partial charge in [0.05, 0.1) is 12.6 Å². The van der Waals surface area contributed by atoms with E-state index in [1.165, 1.54) is 14.2 Å². The summed E-state index contributed by atoms with van der Waals surface area (Å²) in [6, 6.07) is -0.601. The molecule has 124 valence electrons. The first-order valence-electron chi connectivity index (χ1n) is 6.47. The maximum absolute atomic E-state index is 12.2. The Morgan fingerprint density at radius 3 is 2.20 bits per heavy atom. The van der Waals surface area contributed by atoms with Crippen molar-refractivity contribution in [2.24, 2.45) is 5.92 Å². The molecule has 2 atom stereocenters. The molecule has 2 amide bonds. The summed E-state index contributed by atoms with van der Waals surface area (Å²) in [6.45, 7) is 6.70. The van der Waals surface area contributed by atoms with Crippen LogP contribution < -0.4 is 5.32 Å². The minimum absolute atomic E-state index is 0. The molecule has 1 N–H and O–H groups in total. The largest absolute Gasteiger partial charge is 0.520 e. The fraction of sp³-hybridized carbons (Fsp3) is 0.846. The SMILES string of the molecule is CCC(C)CN(CC(OC)OC)C(=O)[C@H](C)N[C-]=O.[Fm]. The third-order valence-electron chi connectivity index (χ3n) is 3.08. The summed E-state index contributed by atoms with van der Waals surface area (Å²) in [7, 11) is 3.06. The Hall–Kier alpha value is -2.14. The summed E-state index contributed by atoms with van der Waals surface area (Å²) in [4.78, 5) is 24.2.